The van der Waals surface area contributed by atoms with E-state index >= 15 is 0 Å². The molecule has 0 aliphatic heterocycles. The van der Waals surface area contributed by atoms with Gasteiger partial charge in [-0.1, -0.05) is 46.1 Å². The Morgan fingerprint density at radius 3 is 2.55 bits per heavy atom. The monoisotopic (exact) mass is 280 g/mol. The van der Waals surface area contributed by atoms with E-state index in [1.54, 1.807) is 6.92 Å². The molecule has 0 saturated heterocycles. The van der Waals surface area contributed by atoms with Gasteiger partial charge < -0.3 is 4.74 Å². The van der Waals surface area contributed by atoms with Crippen LogP contribution in [0.3, 0.4) is 0 Å². The zero-order chi connectivity index (χ0) is 15.0. The molecule has 0 N–H and O–H groups in total. The predicted octanol–water partition coefficient (Wildman–Crippen LogP) is 5.42. The van der Waals surface area contributed by atoms with Gasteiger partial charge in [0.2, 0.25) is 0 Å². The molecule has 1 rings (SSSR count). The molecule has 116 valence electrons. The van der Waals surface area contributed by atoms with Gasteiger partial charge in [-0.2, -0.15) is 0 Å². The molecule has 20 heavy (non-hydrogen) atoms. The van der Waals surface area contributed by atoms with Crippen molar-refractivity contribution in [2.45, 2.75) is 90.6 Å². The van der Waals surface area contributed by atoms with Gasteiger partial charge in [-0.15, -0.1) is 0 Å². The van der Waals surface area contributed by atoms with Gasteiger partial charge in [0.25, 0.3) is 0 Å². The average Bonchev–Trinajstić information content (AvgIpc) is 2.44. The molecule has 0 bridgehead atoms. The Balaban J connectivity index is 2.85. The van der Waals surface area contributed by atoms with Gasteiger partial charge in [-0.25, -0.2) is 4.79 Å². The summed E-state index contributed by atoms with van der Waals surface area (Å²) in [7, 11) is 0. The van der Waals surface area contributed by atoms with Gasteiger partial charge in [0.1, 0.15) is 5.60 Å². The summed E-state index contributed by atoms with van der Waals surface area (Å²) in [5.41, 5.74) is 0.320. The van der Waals surface area contributed by atoms with Crippen LogP contribution in [-0.4, -0.2) is 11.6 Å². The van der Waals surface area contributed by atoms with Gasteiger partial charge in [0.05, 0.1) is 0 Å². The number of carbonyl (C=O) groups is 1. The molecule has 1 saturated carbocycles. The first kappa shape index (κ1) is 17.3. The van der Waals surface area contributed by atoms with Crippen LogP contribution in [0.4, 0.5) is 0 Å². The maximum atomic E-state index is 12.1. The smallest absolute Gasteiger partial charge is 0.333 e. The molecule has 1 fully saturated rings. The maximum absolute atomic E-state index is 12.1. The standard InChI is InChI=1S/C18H32O2/c1-5-7-11-16-12-9-10-14-18(16,13-8-6-2)20-17(19)15(3)4/h16H,3,5-14H2,1-2,4H3. The Kier molecular flexibility index (Phi) is 7.32. The third-order valence-electron chi connectivity index (χ3n) is 4.65. The molecule has 2 nitrogen and oxygen atoms in total. The Hall–Kier alpha value is -0.790. The fourth-order valence-corrected chi connectivity index (χ4v) is 3.40. The first-order valence-corrected chi connectivity index (χ1v) is 8.44. The fraction of sp³-hybridized carbons (Fsp3) is 0.833. The molecule has 2 atom stereocenters. The molecule has 0 aromatic rings. The number of ether oxygens (including phenoxy) is 1. The normalized spacial score (nSPS) is 26.2. The van der Waals surface area contributed by atoms with Crippen LogP contribution in [0, 0.1) is 5.92 Å². The summed E-state index contributed by atoms with van der Waals surface area (Å²) in [6.45, 7) is 9.93. The van der Waals surface area contributed by atoms with Crippen molar-refractivity contribution >= 4 is 5.97 Å². The van der Waals surface area contributed by atoms with Crippen molar-refractivity contribution in [3.63, 3.8) is 0 Å². The lowest BCUT2D eigenvalue weighted by Gasteiger charge is -2.44. The highest BCUT2D eigenvalue weighted by molar-refractivity contribution is 5.87. The largest absolute Gasteiger partial charge is 0.455 e. The molecule has 2 heteroatoms. The molecule has 0 spiro atoms. The highest BCUT2D eigenvalue weighted by atomic mass is 16.6. The lowest BCUT2D eigenvalue weighted by molar-refractivity contribution is -0.168. The summed E-state index contributed by atoms with van der Waals surface area (Å²) in [6, 6.07) is 0. The number of hydrogen-bond acceptors (Lipinski definition) is 2. The molecular weight excluding hydrogens is 248 g/mol. The minimum Gasteiger partial charge on any atom is -0.455 e. The fourth-order valence-electron chi connectivity index (χ4n) is 3.40. The minimum atomic E-state index is -0.209. The second kappa shape index (κ2) is 8.49. The molecular formula is C18H32O2. The third kappa shape index (κ3) is 4.64. The van der Waals surface area contributed by atoms with E-state index in [-0.39, 0.29) is 11.6 Å². The molecule has 2 unspecified atom stereocenters. The van der Waals surface area contributed by atoms with Crippen molar-refractivity contribution in [2.24, 2.45) is 5.92 Å². The molecule has 0 heterocycles. The van der Waals surface area contributed by atoms with Crippen LogP contribution in [0.2, 0.25) is 0 Å². The zero-order valence-electron chi connectivity index (χ0n) is 13.7. The molecule has 1 aliphatic rings. The summed E-state index contributed by atoms with van der Waals surface area (Å²) < 4.78 is 6.01. The minimum absolute atomic E-state index is 0.190. The van der Waals surface area contributed by atoms with Crippen LogP contribution in [0.5, 0.6) is 0 Å². The summed E-state index contributed by atoms with van der Waals surface area (Å²) in [5.74, 6) is 0.357. The topological polar surface area (TPSA) is 26.3 Å². The summed E-state index contributed by atoms with van der Waals surface area (Å²) in [4.78, 5) is 12.1. The quantitative estimate of drug-likeness (QED) is 0.438. The van der Waals surface area contributed by atoms with E-state index in [0.717, 1.165) is 25.7 Å². The SMILES string of the molecule is C=C(C)C(=O)OC1(CCCC)CCCCC1CCCC. The predicted molar refractivity (Wildman–Crippen MR) is 84.6 cm³/mol. The highest BCUT2D eigenvalue weighted by Gasteiger charge is 2.43. The Bertz CT molecular complexity index is 321. The van der Waals surface area contributed by atoms with E-state index in [9.17, 15) is 4.79 Å². The van der Waals surface area contributed by atoms with Crippen LogP contribution in [0.15, 0.2) is 12.2 Å². The van der Waals surface area contributed by atoms with E-state index in [1.165, 1.54) is 38.5 Å². The van der Waals surface area contributed by atoms with Crippen LogP contribution in [0.1, 0.15) is 85.0 Å². The Morgan fingerprint density at radius 1 is 1.25 bits per heavy atom. The van der Waals surface area contributed by atoms with Crippen LogP contribution < -0.4 is 0 Å². The van der Waals surface area contributed by atoms with Crippen LogP contribution >= 0.6 is 0 Å². The first-order chi connectivity index (χ1) is 9.55. The second-order valence-corrected chi connectivity index (χ2v) is 6.42. The number of esters is 1. The van der Waals surface area contributed by atoms with Crippen LogP contribution in [0.25, 0.3) is 0 Å². The summed E-state index contributed by atoms with van der Waals surface area (Å²) in [5, 5.41) is 0. The first-order valence-electron chi connectivity index (χ1n) is 8.44. The molecule has 0 aromatic carbocycles. The Labute approximate surface area is 125 Å². The van der Waals surface area contributed by atoms with Gasteiger partial charge in [0.15, 0.2) is 0 Å². The van der Waals surface area contributed by atoms with Gasteiger partial charge in [-0.05, 0) is 51.4 Å². The van der Waals surface area contributed by atoms with E-state index in [1.807, 2.05) is 0 Å². The van der Waals surface area contributed by atoms with Gasteiger partial charge >= 0.3 is 5.97 Å². The number of unbranched alkanes of at least 4 members (excludes halogenated alkanes) is 2. The number of carbonyl (C=O) groups excluding carboxylic acids is 1. The van der Waals surface area contributed by atoms with Crippen molar-refractivity contribution in [2.75, 3.05) is 0 Å². The van der Waals surface area contributed by atoms with E-state index in [0.29, 0.717) is 11.5 Å². The Morgan fingerprint density at radius 2 is 1.95 bits per heavy atom. The average molecular weight is 280 g/mol. The zero-order valence-corrected chi connectivity index (χ0v) is 13.7. The van der Waals surface area contributed by atoms with Crippen molar-refractivity contribution < 1.29 is 9.53 Å². The lowest BCUT2D eigenvalue weighted by Crippen LogP contribution is -2.45. The second-order valence-electron chi connectivity index (χ2n) is 6.42. The van der Waals surface area contributed by atoms with E-state index < -0.39 is 0 Å². The molecule has 1 aliphatic carbocycles. The summed E-state index contributed by atoms with van der Waals surface area (Å²) in [6.07, 6.45) is 11.7. The highest BCUT2D eigenvalue weighted by Crippen LogP contribution is 2.43. The molecule has 0 radical (unpaired) electrons. The number of rotatable bonds is 8. The van der Waals surface area contributed by atoms with Gasteiger partial charge in [0, 0.05) is 5.57 Å². The molecule has 0 aromatic heterocycles. The van der Waals surface area contributed by atoms with E-state index in [2.05, 4.69) is 20.4 Å². The third-order valence-corrected chi connectivity index (χ3v) is 4.65. The molecule has 0 amide bonds. The van der Waals surface area contributed by atoms with Crippen molar-refractivity contribution in [3.8, 4) is 0 Å². The maximum Gasteiger partial charge on any atom is 0.333 e. The van der Waals surface area contributed by atoms with E-state index in [4.69, 9.17) is 4.74 Å². The van der Waals surface area contributed by atoms with Crippen molar-refractivity contribution in [3.05, 3.63) is 12.2 Å². The van der Waals surface area contributed by atoms with Gasteiger partial charge in [-0.3, -0.25) is 0 Å². The van der Waals surface area contributed by atoms with Crippen molar-refractivity contribution in [1.82, 2.24) is 0 Å². The lowest BCUT2D eigenvalue weighted by atomic mass is 9.70. The van der Waals surface area contributed by atoms with Crippen molar-refractivity contribution in [1.29, 1.82) is 0 Å². The van der Waals surface area contributed by atoms with Crippen LogP contribution in [-0.2, 0) is 9.53 Å². The summed E-state index contributed by atoms with van der Waals surface area (Å²) >= 11 is 0. The number of hydrogen-bond donors (Lipinski definition) is 0.